The van der Waals surface area contributed by atoms with Crippen molar-refractivity contribution in [2.45, 2.75) is 20.4 Å². The second-order valence-electron chi connectivity index (χ2n) is 4.96. The SMILES string of the molecule is CCOc1cccc(OCC(=O)NCc2ccc(C)cc2)c1. The van der Waals surface area contributed by atoms with Crippen LogP contribution in [0, 0.1) is 6.92 Å². The van der Waals surface area contributed by atoms with Gasteiger partial charge in [0.25, 0.3) is 5.91 Å². The van der Waals surface area contributed by atoms with Crippen molar-refractivity contribution >= 4 is 5.91 Å². The van der Waals surface area contributed by atoms with Crippen LogP contribution in [0.4, 0.5) is 0 Å². The molecule has 1 amide bonds. The van der Waals surface area contributed by atoms with Crippen molar-refractivity contribution < 1.29 is 14.3 Å². The van der Waals surface area contributed by atoms with Gasteiger partial charge in [-0.1, -0.05) is 35.9 Å². The Bertz CT molecular complexity index is 608. The first kappa shape index (κ1) is 15.9. The highest BCUT2D eigenvalue weighted by Gasteiger charge is 2.04. The van der Waals surface area contributed by atoms with Crippen molar-refractivity contribution in [3.8, 4) is 11.5 Å². The summed E-state index contributed by atoms with van der Waals surface area (Å²) < 4.78 is 10.9. The molecule has 0 fully saturated rings. The predicted molar refractivity (Wildman–Crippen MR) is 86.1 cm³/mol. The van der Waals surface area contributed by atoms with Crippen molar-refractivity contribution in [3.63, 3.8) is 0 Å². The average molecular weight is 299 g/mol. The van der Waals surface area contributed by atoms with E-state index in [0.717, 1.165) is 11.3 Å². The summed E-state index contributed by atoms with van der Waals surface area (Å²) in [5.41, 5.74) is 2.27. The number of carbonyl (C=O) groups is 1. The van der Waals surface area contributed by atoms with Crippen molar-refractivity contribution in [3.05, 3.63) is 59.7 Å². The molecule has 116 valence electrons. The summed E-state index contributed by atoms with van der Waals surface area (Å²) in [7, 11) is 0. The van der Waals surface area contributed by atoms with Crippen molar-refractivity contribution in [2.24, 2.45) is 0 Å². The number of aryl methyl sites for hydroxylation is 1. The summed E-state index contributed by atoms with van der Waals surface area (Å²) in [5.74, 6) is 1.21. The normalized spacial score (nSPS) is 10.1. The van der Waals surface area contributed by atoms with E-state index in [-0.39, 0.29) is 12.5 Å². The van der Waals surface area contributed by atoms with Gasteiger partial charge in [0, 0.05) is 12.6 Å². The van der Waals surface area contributed by atoms with Crippen LogP contribution < -0.4 is 14.8 Å². The molecule has 0 atom stereocenters. The highest BCUT2D eigenvalue weighted by atomic mass is 16.5. The monoisotopic (exact) mass is 299 g/mol. The van der Waals surface area contributed by atoms with Crippen LogP contribution in [0.1, 0.15) is 18.1 Å². The van der Waals surface area contributed by atoms with Crippen LogP contribution >= 0.6 is 0 Å². The Morgan fingerprint density at radius 3 is 2.41 bits per heavy atom. The number of rotatable bonds is 7. The molecule has 0 bridgehead atoms. The fraction of sp³-hybridized carbons (Fsp3) is 0.278. The molecule has 0 unspecified atom stereocenters. The zero-order valence-electron chi connectivity index (χ0n) is 13.0. The van der Waals surface area contributed by atoms with Crippen LogP contribution in [0.2, 0.25) is 0 Å². The summed E-state index contributed by atoms with van der Waals surface area (Å²) in [6.07, 6.45) is 0. The van der Waals surface area contributed by atoms with Gasteiger partial charge in [-0.2, -0.15) is 0 Å². The summed E-state index contributed by atoms with van der Waals surface area (Å²) in [4.78, 5) is 11.8. The highest BCUT2D eigenvalue weighted by Crippen LogP contribution is 2.19. The van der Waals surface area contributed by atoms with Crippen molar-refractivity contribution in [1.82, 2.24) is 5.32 Å². The average Bonchev–Trinajstić information content (AvgIpc) is 2.53. The zero-order valence-corrected chi connectivity index (χ0v) is 13.0. The van der Waals surface area contributed by atoms with Crippen LogP contribution in [0.3, 0.4) is 0 Å². The van der Waals surface area contributed by atoms with Crippen molar-refractivity contribution in [2.75, 3.05) is 13.2 Å². The first-order valence-electron chi connectivity index (χ1n) is 7.35. The standard InChI is InChI=1S/C18H21NO3/c1-3-21-16-5-4-6-17(11-16)22-13-18(20)19-12-15-9-7-14(2)8-10-15/h4-11H,3,12-13H2,1-2H3,(H,19,20). The van der Waals surface area contributed by atoms with E-state index in [4.69, 9.17) is 9.47 Å². The van der Waals surface area contributed by atoms with Crippen LogP contribution in [-0.4, -0.2) is 19.1 Å². The Kier molecular flexibility index (Phi) is 5.83. The van der Waals surface area contributed by atoms with E-state index in [1.54, 1.807) is 12.1 Å². The molecule has 1 N–H and O–H groups in total. The Labute approximate surface area is 131 Å². The maximum atomic E-state index is 11.8. The lowest BCUT2D eigenvalue weighted by molar-refractivity contribution is -0.123. The molecule has 4 nitrogen and oxygen atoms in total. The largest absolute Gasteiger partial charge is 0.494 e. The second-order valence-corrected chi connectivity index (χ2v) is 4.96. The van der Waals surface area contributed by atoms with E-state index >= 15 is 0 Å². The Morgan fingerprint density at radius 1 is 1.05 bits per heavy atom. The van der Waals surface area contributed by atoms with Crippen LogP contribution in [0.15, 0.2) is 48.5 Å². The molecule has 4 heteroatoms. The molecule has 2 rings (SSSR count). The molecule has 0 heterocycles. The van der Waals surface area contributed by atoms with Gasteiger partial charge in [0.15, 0.2) is 6.61 Å². The quantitative estimate of drug-likeness (QED) is 0.854. The molecular formula is C18H21NO3. The molecular weight excluding hydrogens is 278 g/mol. The number of benzene rings is 2. The van der Waals surface area contributed by atoms with Crippen molar-refractivity contribution in [1.29, 1.82) is 0 Å². The van der Waals surface area contributed by atoms with Crippen LogP contribution in [-0.2, 0) is 11.3 Å². The van der Waals surface area contributed by atoms with Gasteiger partial charge in [0.1, 0.15) is 11.5 Å². The lowest BCUT2D eigenvalue weighted by Crippen LogP contribution is -2.28. The van der Waals surface area contributed by atoms with E-state index in [1.165, 1.54) is 5.56 Å². The molecule has 0 aliphatic carbocycles. The smallest absolute Gasteiger partial charge is 0.258 e. The van der Waals surface area contributed by atoms with E-state index in [1.807, 2.05) is 50.2 Å². The molecule has 2 aromatic rings. The molecule has 0 saturated carbocycles. The van der Waals surface area contributed by atoms with E-state index in [2.05, 4.69) is 5.32 Å². The van der Waals surface area contributed by atoms with E-state index < -0.39 is 0 Å². The molecule has 0 spiro atoms. The number of carbonyl (C=O) groups excluding carboxylic acids is 1. The molecule has 0 saturated heterocycles. The lowest BCUT2D eigenvalue weighted by Gasteiger charge is -2.09. The minimum Gasteiger partial charge on any atom is -0.494 e. The van der Waals surface area contributed by atoms with Crippen LogP contribution in [0.25, 0.3) is 0 Å². The lowest BCUT2D eigenvalue weighted by atomic mass is 10.1. The molecule has 0 aliphatic heterocycles. The maximum Gasteiger partial charge on any atom is 0.258 e. The van der Waals surface area contributed by atoms with Crippen LogP contribution in [0.5, 0.6) is 11.5 Å². The molecule has 0 aliphatic rings. The van der Waals surface area contributed by atoms with Gasteiger partial charge in [-0.25, -0.2) is 0 Å². The number of ether oxygens (including phenoxy) is 2. The summed E-state index contributed by atoms with van der Waals surface area (Å²) in [5, 5.41) is 2.83. The first-order chi connectivity index (χ1) is 10.7. The third kappa shape index (κ3) is 5.13. The van der Waals surface area contributed by atoms with Gasteiger partial charge >= 0.3 is 0 Å². The fourth-order valence-electron chi connectivity index (χ4n) is 1.93. The highest BCUT2D eigenvalue weighted by molar-refractivity contribution is 5.77. The maximum absolute atomic E-state index is 11.8. The molecule has 0 radical (unpaired) electrons. The topological polar surface area (TPSA) is 47.6 Å². The summed E-state index contributed by atoms with van der Waals surface area (Å²) in [6.45, 7) is 5.04. The number of nitrogens with one attached hydrogen (secondary N) is 1. The predicted octanol–water partition coefficient (Wildman–Crippen LogP) is 3.09. The number of amides is 1. The van der Waals surface area contributed by atoms with Gasteiger partial charge in [0.2, 0.25) is 0 Å². The Balaban J connectivity index is 1.77. The third-order valence-electron chi connectivity index (χ3n) is 3.10. The molecule has 0 aromatic heterocycles. The first-order valence-corrected chi connectivity index (χ1v) is 7.35. The second kappa shape index (κ2) is 8.08. The fourth-order valence-corrected chi connectivity index (χ4v) is 1.93. The van der Waals surface area contributed by atoms with Gasteiger partial charge in [-0.15, -0.1) is 0 Å². The van der Waals surface area contributed by atoms with E-state index in [0.29, 0.717) is 18.9 Å². The van der Waals surface area contributed by atoms with Gasteiger partial charge < -0.3 is 14.8 Å². The summed E-state index contributed by atoms with van der Waals surface area (Å²) in [6, 6.07) is 15.3. The molecule has 22 heavy (non-hydrogen) atoms. The summed E-state index contributed by atoms with van der Waals surface area (Å²) >= 11 is 0. The zero-order chi connectivity index (χ0) is 15.8. The molecule has 2 aromatic carbocycles. The third-order valence-corrected chi connectivity index (χ3v) is 3.10. The van der Waals surface area contributed by atoms with Gasteiger partial charge in [0.05, 0.1) is 6.61 Å². The van der Waals surface area contributed by atoms with Gasteiger partial charge in [-0.3, -0.25) is 4.79 Å². The van der Waals surface area contributed by atoms with Gasteiger partial charge in [-0.05, 0) is 31.5 Å². The number of hydrogen-bond acceptors (Lipinski definition) is 3. The minimum atomic E-state index is -0.151. The Hall–Kier alpha value is -2.49. The Morgan fingerprint density at radius 2 is 1.73 bits per heavy atom. The van der Waals surface area contributed by atoms with E-state index in [9.17, 15) is 4.79 Å². The minimum absolute atomic E-state index is 0.0125. The number of hydrogen-bond donors (Lipinski definition) is 1.